The molecule has 0 bridgehead atoms. The van der Waals surface area contributed by atoms with Gasteiger partial charge in [-0.05, 0) is 30.7 Å². The highest BCUT2D eigenvalue weighted by atomic mass is 79.9. The Morgan fingerprint density at radius 3 is 2.94 bits per heavy atom. The molecule has 5 heteroatoms. The number of hydrogen-bond acceptors (Lipinski definition) is 2. The van der Waals surface area contributed by atoms with E-state index in [-0.39, 0.29) is 11.9 Å². The maximum absolute atomic E-state index is 13.0. The third-order valence-electron chi connectivity index (χ3n) is 2.74. The highest BCUT2D eigenvalue weighted by molar-refractivity contribution is 9.10. The summed E-state index contributed by atoms with van der Waals surface area (Å²) >= 11 is 3.39. The Balaban J connectivity index is 2.18. The number of rotatable bonds is 5. The maximum atomic E-state index is 13.0. The minimum atomic E-state index is -0.233. The van der Waals surface area contributed by atoms with Crippen molar-refractivity contribution >= 4 is 15.9 Å². The van der Waals surface area contributed by atoms with Gasteiger partial charge in [-0.2, -0.15) is 0 Å². The molecule has 0 saturated carbocycles. The summed E-state index contributed by atoms with van der Waals surface area (Å²) in [5.74, 6) is 0.664. The molecule has 0 fully saturated rings. The molecule has 1 aromatic carbocycles. The number of halogens is 2. The van der Waals surface area contributed by atoms with Crippen molar-refractivity contribution in [1.29, 1.82) is 0 Å². The predicted molar refractivity (Wildman–Crippen MR) is 72.8 cm³/mol. The zero-order valence-electron chi connectivity index (χ0n) is 10.1. The van der Waals surface area contributed by atoms with Crippen LogP contribution in [-0.4, -0.2) is 16.5 Å². The van der Waals surface area contributed by atoms with Crippen LogP contribution < -0.4 is 5.32 Å². The van der Waals surface area contributed by atoms with Gasteiger partial charge < -0.3 is 10.3 Å². The van der Waals surface area contributed by atoms with E-state index in [1.807, 2.05) is 0 Å². The van der Waals surface area contributed by atoms with E-state index in [9.17, 15) is 4.39 Å². The molecule has 0 saturated heterocycles. The summed E-state index contributed by atoms with van der Waals surface area (Å²) in [7, 11) is 0. The van der Waals surface area contributed by atoms with E-state index in [0.717, 1.165) is 28.8 Å². The molecular formula is C13H15BrFN3. The number of H-pyrrole nitrogens is 1. The number of likely N-dealkylation sites (N-methyl/N-ethyl adjacent to an activating group) is 1. The summed E-state index contributed by atoms with van der Waals surface area (Å²) in [6.07, 6.45) is 4.29. The average molecular weight is 312 g/mol. The Morgan fingerprint density at radius 2 is 2.33 bits per heavy atom. The smallest absolute Gasteiger partial charge is 0.124 e. The normalized spacial score (nSPS) is 12.6. The van der Waals surface area contributed by atoms with Gasteiger partial charge in [0.15, 0.2) is 0 Å². The Morgan fingerprint density at radius 1 is 1.50 bits per heavy atom. The molecule has 2 aromatic rings. The lowest BCUT2D eigenvalue weighted by Gasteiger charge is -2.16. The molecule has 3 nitrogen and oxygen atoms in total. The number of nitrogens with one attached hydrogen (secondary N) is 2. The van der Waals surface area contributed by atoms with Crippen molar-refractivity contribution < 1.29 is 4.39 Å². The lowest BCUT2D eigenvalue weighted by molar-refractivity contribution is 0.524. The molecule has 2 N–H and O–H groups in total. The molecule has 1 aromatic heterocycles. The van der Waals surface area contributed by atoms with Crippen LogP contribution in [0.1, 0.15) is 24.4 Å². The third-order valence-corrected chi connectivity index (χ3v) is 3.48. The monoisotopic (exact) mass is 311 g/mol. The third kappa shape index (κ3) is 3.17. The largest absolute Gasteiger partial charge is 0.347 e. The number of aromatic amines is 1. The molecule has 1 atom stereocenters. The van der Waals surface area contributed by atoms with E-state index in [0.29, 0.717) is 0 Å². The molecule has 2 rings (SSSR count). The van der Waals surface area contributed by atoms with Crippen molar-refractivity contribution in [3.05, 3.63) is 52.3 Å². The van der Waals surface area contributed by atoms with Crippen LogP contribution in [0.4, 0.5) is 4.39 Å². The van der Waals surface area contributed by atoms with Gasteiger partial charge in [0.25, 0.3) is 0 Å². The van der Waals surface area contributed by atoms with Crippen LogP contribution >= 0.6 is 15.9 Å². The molecule has 0 aliphatic rings. The molecule has 0 radical (unpaired) electrons. The van der Waals surface area contributed by atoms with Crippen LogP contribution in [0.25, 0.3) is 0 Å². The van der Waals surface area contributed by atoms with Gasteiger partial charge in [0, 0.05) is 16.9 Å². The summed E-state index contributed by atoms with van der Waals surface area (Å²) < 4.78 is 13.8. The topological polar surface area (TPSA) is 40.7 Å². The molecule has 0 aliphatic carbocycles. The number of benzene rings is 1. The van der Waals surface area contributed by atoms with E-state index < -0.39 is 0 Å². The first-order valence-corrected chi connectivity index (χ1v) is 6.66. The summed E-state index contributed by atoms with van der Waals surface area (Å²) in [5, 5.41) is 3.37. The molecule has 18 heavy (non-hydrogen) atoms. The van der Waals surface area contributed by atoms with Gasteiger partial charge in [-0.25, -0.2) is 9.37 Å². The van der Waals surface area contributed by atoms with Gasteiger partial charge in [-0.15, -0.1) is 0 Å². The standard InChI is InChI=1S/C13H15BrFN3/c1-2-16-12(13-17-5-6-18-13)7-9-3-4-10(15)8-11(9)14/h3-6,8,12,16H,2,7H2,1H3,(H,17,18). The number of hydrogen-bond donors (Lipinski definition) is 2. The second-order valence-electron chi connectivity index (χ2n) is 4.02. The molecule has 1 unspecified atom stereocenters. The minimum Gasteiger partial charge on any atom is -0.347 e. The number of imidazole rings is 1. The first-order chi connectivity index (χ1) is 8.70. The fourth-order valence-electron chi connectivity index (χ4n) is 1.89. The highest BCUT2D eigenvalue weighted by Gasteiger charge is 2.15. The van der Waals surface area contributed by atoms with Crippen molar-refractivity contribution in [3.63, 3.8) is 0 Å². The lowest BCUT2D eigenvalue weighted by atomic mass is 10.1. The van der Waals surface area contributed by atoms with Gasteiger partial charge in [-0.3, -0.25) is 0 Å². The van der Waals surface area contributed by atoms with E-state index in [1.165, 1.54) is 12.1 Å². The predicted octanol–water partition coefficient (Wildman–Crippen LogP) is 3.20. The van der Waals surface area contributed by atoms with Crippen LogP contribution in [0.3, 0.4) is 0 Å². The van der Waals surface area contributed by atoms with E-state index in [4.69, 9.17) is 0 Å². The van der Waals surface area contributed by atoms with E-state index in [1.54, 1.807) is 18.5 Å². The summed E-state index contributed by atoms with van der Waals surface area (Å²) in [6, 6.07) is 4.87. The van der Waals surface area contributed by atoms with Crippen molar-refractivity contribution in [2.45, 2.75) is 19.4 Å². The highest BCUT2D eigenvalue weighted by Crippen LogP contribution is 2.23. The summed E-state index contributed by atoms with van der Waals surface area (Å²) in [6.45, 7) is 2.90. The Bertz CT molecular complexity index is 499. The van der Waals surface area contributed by atoms with Crippen LogP contribution in [-0.2, 0) is 6.42 Å². The first-order valence-electron chi connectivity index (χ1n) is 5.87. The summed E-state index contributed by atoms with van der Waals surface area (Å²) in [5.41, 5.74) is 1.05. The van der Waals surface area contributed by atoms with Crippen LogP contribution in [0, 0.1) is 5.82 Å². The first kappa shape index (κ1) is 13.2. The molecule has 0 spiro atoms. The molecular weight excluding hydrogens is 297 g/mol. The van der Waals surface area contributed by atoms with Gasteiger partial charge in [0.2, 0.25) is 0 Å². The van der Waals surface area contributed by atoms with Gasteiger partial charge in [0.1, 0.15) is 11.6 Å². The Hall–Kier alpha value is -1.20. The van der Waals surface area contributed by atoms with Gasteiger partial charge in [0.05, 0.1) is 6.04 Å². The zero-order valence-corrected chi connectivity index (χ0v) is 11.7. The second kappa shape index (κ2) is 6.11. The molecule has 0 aliphatic heterocycles. The van der Waals surface area contributed by atoms with E-state index >= 15 is 0 Å². The number of nitrogens with zero attached hydrogens (tertiary/aromatic N) is 1. The zero-order chi connectivity index (χ0) is 13.0. The van der Waals surface area contributed by atoms with Crippen molar-refractivity contribution in [3.8, 4) is 0 Å². The second-order valence-corrected chi connectivity index (χ2v) is 4.88. The lowest BCUT2D eigenvalue weighted by Crippen LogP contribution is -2.24. The van der Waals surface area contributed by atoms with Crippen LogP contribution in [0.15, 0.2) is 35.1 Å². The van der Waals surface area contributed by atoms with Crippen molar-refractivity contribution in [2.75, 3.05) is 6.54 Å². The molecule has 1 heterocycles. The molecule has 0 amide bonds. The van der Waals surface area contributed by atoms with Crippen LogP contribution in [0.5, 0.6) is 0 Å². The molecule has 96 valence electrons. The van der Waals surface area contributed by atoms with Gasteiger partial charge >= 0.3 is 0 Å². The van der Waals surface area contributed by atoms with Crippen molar-refractivity contribution in [1.82, 2.24) is 15.3 Å². The minimum absolute atomic E-state index is 0.103. The van der Waals surface area contributed by atoms with Crippen molar-refractivity contribution in [2.24, 2.45) is 0 Å². The quantitative estimate of drug-likeness (QED) is 0.890. The Labute approximate surface area is 114 Å². The number of aromatic nitrogens is 2. The fourth-order valence-corrected chi connectivity index (χ4v) is 2.40. The van der Waals surface area contributed by atoms with Gasteiger partial charge in [-0.1, -0.05) is 28.9 Å². The van der Waals surface area contributed by atoms with Crippen LogP contribution in [0.2, 0.25) is 0 Å². The van der Waals surface area contributed by atoms with E-state index in [2.05, 4.69) is 38.1 Å². The SMILES string of the molecule is CCNC(Cc1ccc(F)cc1Br)c1ncc[nH]1. The maximum Gasteiger partial charge on any atom is 0.124 e. The average Bonchev–Trinajstić information content (AvgIpc) is 2.85. The Kier molecular flexibility index (Phi) is 4.49. The summed E-state index contributed by atoms with van der Waals surface area (Å²) in [4.78, 5) is 7.38. The fraction of sp³-hybridized carbons (Fsp3) is 0.308.